The van der Waals surface area contributed by atoms with E-state index in [0.717, 1.165) is 29.7 Å². The van der Waals surface area contributed by atoms with Gasteiger partial charge in [0.15, 0.2) is 5.78 Å². The van der Waals surface area contributed by atoms with Crippen LogP contribution in [0.15, 0.2) is 30.4 Å². The highest BCUT2D eigenvalue weighted by Crippen LogP contribution is 2.39. The van der Waals surface area contributed by atoms with Gasteiger partial charge in [0.1, 0.15) is 5.75 Å². The predicted octanol–water partition coefficient (Wildman–Crippen LogP) is 4.00. The van der Waals surface area contributed by atoms with Gasteiger partial charge in [-0.2, -0.15) is 0 Å². The number of allylic oxidation sites excluding steroid dienone is 2. The molecule has 0 saturated heterocycles. The van der Waals surface area contributed by atoms with Crippen LogP contribution in [-0.4, -0.2) is 40.1 Å². The van der Waals surface area contributed by atoms with Crippen LogP contribution >= 0.6 is 11.6 Å². The summed E-state index contributed by atoms with van der Waals surface area (Å²) in [4.78, 5) is 22.4. The van der Waals surface area contributed by atoms with Crippen LogP contribution in [0, 0.1) is 11.8 Å². The molecule has 2 aliphatic carbocycles. The van der Waals surface area contributed by atoms with Gasteiger partial charge < -0.3 is 14.9 Å². The molecular weight excluding hydrogens is 380 g/mol. The lowest BCUT2D eigenvalue weighted by molar-refractivity contribution is -0.137. The Morgan fingerprint density at radius 2 is 2.07 bits per heavy atom. The van der Waals surface area contributed by atoms with E-state index in [2.05, 4.69) is 0 Å². The van der Waals surface area contributed by atoms with Gasteiger partial charge in [-0.1, -0.05) is 24.3 Å². The lowest BCUT2D eigenvalue weighted by Gasteiger charge is -2.23. The third kappa shape index (κ3) is 4.95. The number of carboxylic acid groups (broad SMARTS) is 1. The van der Waals surface area contributed by atoms with Crippen molar-refractivity contribution in [2.24, 2.45) is 11.8 Å². The molecule has 2 N–H and O–H groups in total. The molecule has 3 rings (SSSR count). The van der Waals surface area contributed by atoms with Crippen LogP contribution in [0.4, 0.5) is 0 Å². The third-order valence-corrected chi connectivity index (χ3v) is 6.28. The van der Waals surface area contributed by atoms with E-state index in [1.807, 2.05) is 30.4 Å². The summed E-state index contributed by atoms with van der Waals surface area (Å²) in [5.41, 5.74) is 1.72. The van der Waals surface area contributed by atoms with E-state index in [1.165, 1.54) is 0 Å². The Labute approximate surface area is 170 Å². The van der Waals surface area contributed by atoms with E-state index < -0.39 is 12.1 Å². The molecule has 1 saturated carbocycles. The molecule has 0 spiro atoms. The van der Waals surface area contributed by atoms with Crippen LogP contribution in [0.3, 0.4) is 0 Å². The maximum absolute atomic E-state index is 11.9. The maximum Gasteiger partial charge on any atom is 0.303 e. The number of ether oxygens (including phenoxy) is 1. The molecule has 0 heterocycles. The normalized spacial score (nSPS) is 26.7. The van der Waals surface area contributed by atoms with Crippen molar-refractivity contribution in [2.75, 3.05) is 6.61 Å². The zero-order valence-electron chi connectivity index (χ0n) is 15.9. The molecule has 1 fully saturated rings. The molecule has 1 aromatic rings. The van der Waals surface area contributed by atoms with Gasteiger partial charge >= 0.3 is 5.97 Å². The van der Waals surface area contributed by atoms with Crippen molar-refractivity contribution in [1.82, 2.24) is 0 Å². The van der Waals surface area contributed by atoms with Crippen LogP contribution in [0.2, 0.25) is 0 Å². The van der Waals surface area contributed by atoms with Crippen LogP contribution in [0.5, 0.6) is 5.75 Å². The maximum atomic E-state index is 11.9. The van der Waals surface area contributed by atoms with Crippen LogP contribution < -0.4 is 4.74 Å². The highest BCUT2D eigenvalue weighted by Gasteiger charge is 2.41. The minimum Gasteiger partial charge on any atom is -0.493 e. The summed E-state index contributed by atoms with van der Waals surface area (Å²) in [7, 11) is 0. The minimum absolute atomic E-state index is 0.0702. The van der Waals surface area contributed by atoms with E-state index in [9.17, 15) is 14.7 Å². The Morgan fingerprint density at radius 1 is 1.25 bits per heavy atom. The number of aliphatic hydroxyl groups excluding tert-OH is 1. The number of fused-ring (bicyclic) bond motifs is 1. The predicted molar refractivity (Wildman–Crippen MR) is 107 cm³/mol. The minimum atomic E-state index is -0.778. The van der Waals surface area contributed by atoms with Gasteiger partial charge in [-0.3, -0.25) is 9.59 Å². The zero-order valence-corrected chi connectivity index (χ0v) is 16.6. The number of benzene rings is 1. The summed E-state index contributed by atoms with van der Waals surface area (Å²) in [5.74, 6) is 0.147. The number of rotatable bonds is 9. The van der Waals surface area contributed by atoms with Gasteiger partial charge in [-0.15, -0.1) is 11.6 Å². The van der Waals surface area contributed by atoms with Gasteiger partial charge in [-0.25, -0.2) is 0 Å². The molecule has 0 aliphatic heterocycles. The Bertz CT molecular complexity index is 744. The standard InChI is InChI=1S/C22H27ClO5/c23-18-12-20(25)17(14(18)6-3-1-2-4-9-22(26)27)13-28-21-8-5-7-15-16(21)10-11-19(15)24/h1,3,5,7-8,14,17-18,20,25H,2,4,6,9-13H2,(H,26,27)/b3-1-. The number of halogens is 1. The van der Waals surface area contributed by atoms with Gasteiger partial charge in [-0.05, 0) is 44.1 Å². The number of hydrogen-bond acceptors (Lipinski definition) is 4. The Kier molecular flexibility index (Phi) is 7.13. The number of ketones is 1. The topological polar surface area (TPSA) is 83.8 Å². The SMILES string of the molecule is O=C(O)CCC/C=C\CC1C(Cl)CC(O)C1COc1cccc2c1CCC2=O. The first-order chi connectivity index (χ1) is 13.5. The molecule has 6 heteroatoms. The Hall–Kier alpha value is -1.85. The summed E-state index contributed by atoms with van der Waals surface area (Å²) in [6, 6.07) is 5.56. The molecule has 1 aromatic carbocycles. The first-order valence-corrected chi connectivity index (χ1v) is 10.4. The lowest BCUT2D eigenvalue weighted by atomic mass is 9.92. The van der Waals surface area contributed by atoms with E-state index in [4.69, 9.17) is 21.4 Å². The zero-order chi connectivity index (χ0) is 20.1. The second kappa shape index (κ2) is 9.57. The highest BCUT2D eigenvalue weighted by molar-refractivity contribution is 6.21. The molecule has 5 nitrogen and oxygen atoms in total. The molecule has 28 heavy (non-hydrogen) atoms. The van der Waals surface area contributed by atoms with Crippen molar-refractivity contribution in [1.29, 1.82) is 0 Å². The number of aliphatic carboxylic acids is 1. The second-order valence-corrected chi connectivity index (χ2v) is 8.22. The van der Waals surface area contributed by atoms with Crippen molar-refractivity contribution < 1.29 is 24.5 Å². The number of carbonyl (C=O) groups excluding carboxylic acids is 1. The average molecular weight is 407 g/mol. The average Bonchev–Trinajstić information content (AvgIpc) is 3.16. The Morgan fingerprint density at radius 3 is 2.86 bits per heavy atom. The fraction of sp³-hybridized carbons (Fsp3) is 0.545. The largest absolute Gasteiger partial charge is 0.493 e. The third-order valence-electron chi connectivity index (χ3n) is 5.78. The Balaban J connectivity index is 1.57. The van der Waals surface area contributed by atoms with Gasteiger partial charge in [0, 0.05) is 35.3 Å². The van der Waals surface area contributed by atoms with E-state index in [1.54, 1.807) is 0 Å². The number of Topliss-reactive ketones (excluding diaryl/α,β-unsaturated/α-hetero) is 1. The number of alkyl halides is 1. The fourth-order valence-electron chi connectivity index (χ4n) is 4.21. The summed E-state index contributed by atoms with van der Waals surface area (Å²) >= 11 is 6.47. The van der Waals surface area contributed by atoms with Gasteiger partial charge in [0.25, 0.3) is 0 Å². The van der Waals surface area contributed by atoms with Gasteiger partial charge in [0.05, 0.1) is 12.7 Å². The summed E-state index contributed by atoms with van der Waals surface area (Å²) in [6.45, 7) is 0.368. The van der Waals surface area contributed by atoms with Crippen molar-refractivity contribution in [3.63, 3.8) is 0 Å². The van der Waals surface area contributed by atoms with E-state index >= 15 is 0 Å². The second-order valence-electron chi connectivity index (χ2n) is 7.66. The van der Waals surface area contributed by atoms with Crippen LogP contribution in [-0.2, 0) is 11.2 Å². The first kappa shape index (κ1) is 20.9. The highest BCUT2D eigenvalue weighted by atomic mass is 35.5. The number of aliphatic hydroxyl groups is 1. The molecule has 4 atom stereocenters. The smallest absolute Gasteiger partial charge is 0.303 e. The number of carbonyl (C=O) groups is 2. The van der Waals surface area contributed by atoms with Crippen molar-refractivity contribution in [3.05, 3.63) is 41.5 Å². The van der Waals surface area contributed by atoms with Crippen LogP contribution in [0.25, 0.3) is 0 Å². The molecule has 4 unspecified atom stereocenters. The van der Waals surface area contributed by atoms with Gasteiger partial charge in [0.2, 0.25) is 0 Å². The summed E-state index contributed by atoms with van der Waals surface area (Å²) in [5, 5.41) is 19.0. The monoisotopic (exact) mass is 406 g/mol. The van der Waals surface area contributed by atoms with Crippen molar-refractivity contribution in [3.8, 4) is 5.75 Å². The summed E-state index contributed by atoms with van der Waals surface area (Å²) < 4.78 is 6.04. The molecule has 0 aromatic heterocycles. The van der Waals surface area contributed by atoms with Crippen molar-refractivity contribution in [2.45, 2.75) is 56.4 Å². The van der Waals surface area contributed by atoms with Crippen molar-refractivity contribution >= 4 is 23.4 Å². The molecule has 152 valence electrons. The van der Waals surface area contributed by atoms with E-state index in [-0.39, 0.29) is 29.4 Å². The number of hydrogen-bond donors (Lipinski definition) is 2. The quantitative estimate of drug-likeness (QED) is 0.368. The number of carboxylic acids is 1. The number of unbranched alkanes of at least 4 members (excludes halogenated alkanes) is 1. The van der Waals surface area contributed by atoms with E-state index in [0.29, 0.717) is 32.3 Å². The molecule has 0 bridgehead atoms. The summed E-state index contributed by atoms with van der Waals surface area (Å²) in [6.07, 6.45) is 7.54. The molecule has 0 radical (unpaired) electrons. The first-order valence-electron chi connectivity index (χ1n) is 9.94. The van der Waals surface area contributed by atoms with Crippen LogP contribution in [0.1, 0.15) is 54.4 Å². The molecule has 2 aliphatic rings. The lowest BCUT2D eigenvalue weighted by Crippen LogP contribution is -2.27. The molecular formula is C22H27ClO5. The fourth-order valence-corrected chi connectivity index (χ4v) is 4.68. The molecule has 0 amide bonds.